The molecule has 0 unspecified atom stereocenters. The molecule has 126 valence electrons. The van der Waals surface area contributed by atoms with Gasteiger partial charge in [-0.05, 0) is 45.0 Å². The molecule has 0 aliphatic carbocycles. The smallest absolute Gasteiger partial charge is 0.407 e. The van der Waals surface area contributed by atoms with Crippen molar-refractivity contribution >= 4 is 17.0 Å². The van der Waals surface area contributed by atoms with E-state index in [4.69, 9.17) is 9.47 Å². The first kappa shape index (κ1) is 17.6. The first-order valence-corrected chi connectivity index (χ1v) is 7.78. The maximum Gasteiger partial charge on any atom is 0.407 e. The summed E-state index contributed by atoms with van der Waals surface area (Å²) in [5.41, 5.74) is 1.29. The molecule has 1 N–H and O–H groups in total. The number of fused-ring (bicyclic) bond motifs is 1. The van der Waals surface area contributed by atoms with Crippen molar-refractivity contribution < 1.29 is 14.3 Å². The minimum Gasteiger partial charge on any atom is -0.481 e. The molecular formula is C19H22N2O3. The van der Waals surface area contributed by atoms with Gasteiger partial charge in [0.05, 0.1) is 12.6 Å². The van der Waals surface area contributed by atoms with Gasteiger partial charge in [0.15, 0.2) is 0 Å². The second-order valence-corrected chi connectivity index (χ2v) is 6.24. The van der Waals surface area contributed by atoms with Crippen LogP contribution >= 0.6 is 0 Å². The Labute approximate surface area is 142 Å². The monoisotopic (exact) mass is 326 g/mol. The number of hydrogen-bond acceptors (Lipinski definition) is 4. The maximum absolute atomic E-state index is 11.5. The molecule has 0 saturated carbocycles. The van der Waals surface area contributed by atoms with E-state index in [0.717, 1.165) is 16.5 Å². The van der Waals surface area contributed by atoms with Crippen LogP contribution in [0.25, 0.3) is 10.9 Å². The number of ether oxygens (including phenoxy) is 2. The summed E-state index contributed by atoms with van der Waals surface area (Å²) in [6, 6.07) is 9.60. The number of nitrogens with zero attached hydrogens (tertiary/aromatic N) is 1. The van der Waals surface area contributed by atoms with Crippen molar-refractivity contribution in [1.29, 1.82) is 0 Å². The number of amides is 1. The molecule has 0 radical (unpaired) electrons. The summed E-state index contributed by atoms with van der Waals surface area (Å²) >= 11 is 0. The van der Waals surface area contributed by atoms with Gasteiger partial charge in [0.2, 0.25) is 5.88 Å². The van der Waals surface area contributed by atoms with Gasteiger partial charge in [0.1, 0.15) is 5.60 Å². The van der Waals surface area contributed by atoms with Crippen LogP contribution in [0.15, 0.2) is 30.3 Å². The number of rotatable bonds is 3. The van der Waals surface area contributed by atoms with Crippen LogP contribution in [0, 0.1) is 11.8 Å². The van der Waals surface area contributed by atoms with Crippen LogP contribution in [0.2, 0.25) is 0 Å². The van der Waals surface area contributed by atoms with Gasteiger partial charge in [-0.25, -0.2) is 9.78 Å². The number of carbonyl (C=O) groups is 1. The molecule has 2 aromatic rings. The summed E-state index contributed by atoms with van der Waals surface area (Å²) in [6.45, 7) is 5.94. The molecule has 0 saturated heterocycles. The standard InChI is InChI=1S/C19H22N2O3/c1-19(2,3)24-18(22)20-12-6-5-7-14-8-10-16-15(13-14)9-11-17(21-16)23-4/h8-11,13H,6,12H2,1-4H3,(H,20,22). The van der Waals surface area contributed by atoms with E-state index < -0.39 is 11.7 Å². The number of nitrogens with one attached hydrogen (secondary N) is 1. The summed E-state index contributed by atoms with van der Waals surface area (Å²) in [5, 5.41) is 3.69. The lowest BCUT2D eigenvalue weighted by Gasteiger charge is -2.19. The molecule has 0 spiro atoms. The van der Waals surface area contributed by atoms with Crippen LogP contribution in [0.1, 0.15) is 32.8 Å². The Morgan fingerprint density at radius 3 is 2.75 bits per heavy atom. The van der Waals surface area contributed by atoms with Crippen molar-refractivity contribution in [3.8, 4) is 17.7 Å². The lowest BCUT2D eigenvalue weighted by Crippen LogP contribution is -2.32. The minimum absolute atomic E-state index is 0.421. The van der Waals surface area contributed by atoms with E-state index >= 15 is 0 Å². The van der Waals surface area contributed by atoms with Gasteiger partial charge in [-0.3, -0.25) is 0 Å². The van der Waals surface area contributed by atoms with E-state index in [9.17, 15) is 4.79 Å². The van der Waals surface area contributed by atoms with Crippen LogP contribution in [-0.2, 0) is 4.74 Å². The molecule has 5 nitrogen and oxygen atoms in total. The molecule has 0 bridgehead atoms. The molecule has 1 aromatic heterocycles. The topological polar surface area (TPSA) is 60.5 Å². The highest BCUT2D eigenvalue weighted by Crippen LogP contribution is 2.17. The molecule has 5 heteroatoms. The normalized spacial score (nSPS) is 10.7. The predicted octanol–water partition coefficient (Wildman–Crippen LogP) is 3.51. The summed E-state index contributed by atoms with van der Waals surface area (Å²) in [7, 11) is 1.60. The van der Waals surface area contributed by atoms with Gasteiger partial charge in [0.25, 0.3) is 0 Å². The van der Waals surface area contributed by atoms with Crippen LogP contribution in [-0.4, -0.2) is 30.3 Å². The van der Waals surface area contributed by atoms with E-state index in [-0.39, 0.29) is 0 Å². The minimum atomic E-state index is -0.489. The van der Waals surface area contributed by atoms with E-state index in [1.165, 1.54) is 0 Å². The van der Waals surface area contributed by atoms with Gasteiger partial charge < -0.3 is 14.8 Å². The first-order chi connectivity index (χ1) is 11.4. The molecule has 0 aliphatic rings. The van der Waals surface area contributed by atoms with E-state index in [0.29, 0.717) is 18.8 Å². The Morgan fingerprint density at radius 2 is 2.04 bits per heavy atom. The van der Waals surface area contributed by atoms with E-state index in [1.807, 2.05) is 51.1 Å². The number of benzene rings is 1. The van der Waals surface area contributed by atoms with Crippen LogP contribution in [0.3, 0.4) is 0 Å². The maximum atomic E-state index is 11.5. The van der Waals surface area contributed by atoms with Crippen LogP contribution in [0.4, 0.5) is 4.79 Å². The van der Waals surface area contributed by atoms with Gasteiger partial charge in [-0.2, -0.15) is 0 Å². The SMILES string of the molecule is COc1ccc2cc(C#CCCNC(=O)OC(C)(C)C)ccc2n1. The van der Waals surface area contributed by atoms with E-state index in [2.05, 4.69) is 22.1 Å². The lowest BCUT2D eigenvalue weighted by molar-refractivity contribution is 0.0529. The number of pyridine rings is 1. The Bertz CT molecular complexity index is 783. The zero-order valence-electron chi connectivity index (χ0n) is 14.5. The average molecular weight is 326 g/mol. The number of methoxy groups -OCH3 is 1. The van der Waals surface area contributed by atoms with Crippen LogP contribution < -0.4 is 10.1 Å². The number of alkyl carbamates (subject to hydrolysis) is 1. The molecular weight excluding hydrogens is 304 g/mol. The van der Waals surface area contributed by atoms with Crippen molar-refractivity contribution in [3.63, 3.8) is 0 Å². The second-order valence-electron chi connectivity index (χ2n) is 6.24. The number of carbonyl (C=O) groups excluding carboxylic acids is 1. The second kappa shape index (κ2) is 7.69. The van der Waals surface area contributed by atoms with Gasteiger partial charge >= 0.3 is 6.09 Å². The van der Waals surface area contributed by atoms with Crippen molar-refractivity contribution in [3.05, 3.63) is 35.9 Å². The Kier molecular flexibility index (Phi) is 5.64. The zero-order chi connectivity index (χ0) is 17.6. The summed E-state index contributed by atoms with van der Waals surface area (Å²) in [5.74, 6) is 6.72. The van der Waals surface area contributed by atoms with Crippen molar-refractivity contribution in [1.82, 2.24) is 10.3 Å². The van der Waals surface area contributed by atoms with Crippen molar-refractivity contribution in [2.75, 3.05) is 13.7 Å². The average Bonchev–Trinajstić information content (AvgIpc) is 2.52. The summed E-state index contributed by atoms with van der Waals surface area (Å²) in [4.78, 5) is 15.9. The highest BCUT2D eigenvalue weighted by molar-refractivity contribution is 5.80. The zero-order valence-corrected chi connectivity index (χ0v) is 14.5. The third-order valence-electron chi connectivity index (χ3n) is 3.02. The number of hydrogen-bond donors (Lipinski definition) is 1. The van der Waals surface area contributed by atoms with Crippen LogP contribution in [0.5, 0.6) is 5.88 Å². The predicted molar refractivity (Wildman–Crippen MR) is 94.0 cm³/mol. The molecule has 0 aliphatic heterocycles. The molecule has 1 aromatic carbocycles. The van der Waals surface area contributed by atoms with Gasteiger partial charge in [0, 0.05) is 30.0 Å². The lowest BCUT2D eigenvalue weighted by atomic mass is 10.1. The molecule has 1 amide bonds. The molecule has 0 atom stereocenters. The van der Waals surface area contributed by atoms with Crippen molar-refractivity contribution in [2.45, 2.75) is 32.8 Å². The Balaban J connectivity index is 1.89. The molecule has 1 heterocycles. The summed E-state index contributed by atoms with van der Waals surface area (Å²) in [6.07, 6.45) is 0.132. The third-order valence-corrected chi connectivity index (χ3v) is 3.02. The highest BCUT2D eigenvalue weighted by atomic mass is 16.6. The fourth-order valence-corrected chi connectivity index (χ4v) is 2.00. The first-order valence-electron chi connectivity index (χ1n) is 7.78. The fourth-order valence-electron chi connectivity index (χ4n) is 2.00. The summed E-state index contributed by atoms with van der Waals surface area (Å²) < 4.78 is 10.3. The molecule has 2 rings (SSSR count). The third kappa shape index (κ3) is 5.47. The highest BCUT2D eigenvalue weighted by Gasteiger charge is 2.15. The Morgan fingerprint density at radius 1 is 1.25 bits per heavy atom. The largest absolute Gasteiger partial charge is 0.481 e. The molecule has 24 heavy (non-hydrogen) atoms. The van der Waals surface area contributed by atoms with Gasteiger partial charge in [-0.15, -0.1) is 0 Å². The Hall–Kier alpha value is -2.74. The van der Waals surface area contributed by atoms with Crippen molar-refractivity contribution in [2.24, 2.45) is 0 Å². The quantitative estimate of drug-likeness (QED) is 0.692. The fraction of sp³-hybridized carbons (Fsp3) is 0.368. The number of aromatic nitrogens is 1. The molecule has 0 fully saturated rings. The van der Waals surface area contributed by atoms with E-state index in [1.54, 1.807) is 7.11 Å². The van der Waals surface area contributed by atoms with Gasteiger partial charge in [-0.1, -0.05) is 11.8 Å².